The van der Waals surface area contributed by atoms with Gasteiger partial charge in [-0.05, 0) is 31.5 Å². The number of nitrogens with one attached hydrogen (secondary N) is 1. The van der Waals surface area contributed by atoms with Crippen LogP contribution in [-0.2, 0) is 11.3 Å². The molecular formula is C15H27N3O. The molecule has 108 valence electrons. The van der Waals surface area contributed by atoms with Crippen LogP contribution in [0.4, 0.5) is 5.82 Å². The lowest BCUT2D eigenvalue weighted by Crippen LogP contribution is -2.35. The minimum Gasteiger partial charge on any atom is -0.383 e. The second-order valence-corrected chi connectivity index (χ2v) is 4.85. The number of rotatable bonds is 9. The molecule has 0 aliphatic carbocycles. The van der Waals surface area contributed by atoms with Gasteiger partial charge >= 0.3 is 0 Å². The van der Waals surface area contributed by atoms with Gasteiger partial charge in [-0.25, -0.2) is 4.98 Å². The van der Waals surface area contributed by atoms with E-state index >= 15 is 0 Å². The molecule has 0 aliphatic heterocycles. The Labute approximate surface area is 117 Å². The molecule has 0 aromatic carbocycles. The molecule has 0 aliphatic rings. The van der Waals surface area contributed by atoms with Gasteiger partial charge in [0.15, 0.2) is 0 Å². The molecule has 0 saturated carbocycles. The first kappa shape index (κ1) is 15.9. The van der Waals surface area contributed by atoms with Gasteiger partial charge in [0.1, 0.15) is 5.82 Å². The molecule has 1 atom stereocenters. The molecule has 1 heterocycles. The van der Waals surface area contributed by atoms with Crippen LogP contribution in [-0.4, -0.2) is 42.7 Å². The molecule has 1 N–H and O–H groups in total. The minimum absolute atomic E-state index is 0.424. The van der Waals surface area contributed by atoms with Crippen molar-refractivity contribution in [1.82, 2.24) is 9.88 Å². The maximum Gasteiger partial charge on any atom is 0.125 e. The molecule has 4 nitrogen and oxygen atoms in total. The molecule has 0 saturated heterocycles. The van der Waals surface area contributed by atoms with E-state index in [9.17, 15) is 0 Å². The zero-order valence-corrected chi connectivity index (χ0v) is 12.6. The molecule has 1 rings (SSSR count). The number of methoxy groups -OCH3 is 1. The number of pyridine rings is 1. The van der Waals surface area contributed by atoms with Crippen LogP contribution in [0.15, 0.2) is 18.3 Å². The molecule has 1 aromatic heterocycles. The van der Waals surface area contributed by atoms with Gasteiger partial charge in [0, 0.05) is 32.4 Å². The summed E-state index contributed by atoms with van der Waals surface area (Å²) in [4.78, 5) is 6.83. The van der Waals surface area contributed by atoms with Crippen molar-refractivity contribution >= 4 is 5.82 Å². The van der Waals surface area contributed by atoms with Crippen LogP contribution in [0.2, 0.25) is 0 Å². The van der Waals surface area contributed by atoms with Crippen molar-refractivity contribution in [2.75, 3.05) is 32.1 Å². The summed E-state index contributed by atoms with van der Waals surface area (Å²) in [6, 6.07) is 4.63. The Kier molecular flexibility index (Phi) is 7.45. The molecular weight excluding hydrogens is 238 g/mol. The van der Waals surface area contributed by atoms with Crippen molar-refractivity contribution in [3.63, 3.8) is 0 Å². The average Bonchev–Trinajstić information content (AvgIpc) is 2.44. The van der Waals surface area contributed by atoms with Gasteiger partial charge in [0.2, 0.25) is 0 Å². The molecule has 19 heavy (non-hydrogen) atoms. The summed E-state index contributed by atoms with van der Waals surface area (Å²) in [5.74, 6) is 0.957. The number of nitrogens with zero attached hydrogens (tertiary/aromatic N) is 2. The quantitative estimate of drug-likeness (QED) is 0.745. The van der Waals surface area contributed by atoms with Crippen molar-refractivity contribution in [3.8, 4) is 0 Å². The van der Waals surface area contributed by atoms with Crippen LogP contribution in [0.25, 0.3) is 0 Å². The highest BCUT2D eigenvalue weighted by atomic mass is 16.5. The van der Waals surface area contributed by atoms with E-state index in [1.165, 1.54) is 5.56 Å². The van der Waals surface area contributed by atoms with Crippen LogP contribution in [0.1, 0.15) is 32.8 Å². The van der Waals surface area contributed by atoms with Crippen LogP contribution >= 0.6 is 0 Å². The lowest BCUT2D eigenvalue weighted by atomic mass is 10.2. The summed E-state index contributed by atoms with van der Waals surface area (Å²) >= 11 is 0. The largest absolute Gasteiger partial charge is 0.383 e. The Morgan fingerprint density at radius 2 is 2.16 bits per heavy atom. The highest BCUT2D eigenvalue weighted by Gasteiger charge is 2.12. The van der Waals surface area contributed by atoms with E-state index in [0.29, 0.717) is 6.04 Å². The lowest BCUT2D eigenvalue weighted by molar-refractivity contribution is 0.0981. The molecule has 0 radical (unpaired) electrons. The zero-order valence-electron chi connectivity index (χ0n) is 12.6. The van der Waals surface area contributed by atoms with Gasteiger partial charge in [-0.3, -0.25) is 4.90 Å². The Morgan fingerprint density at radius 3 is 2.68 bits per heavy atom. The molecule has 0 bridgehead atoms. The van der Waals surface area contributed by atoms with E-state index in [-0.39, 0.29) is 0 Å². The molecule has 1 unspecified atom stereocenters. The Morgan fingerprint density at radius 1 is 1.37 bits per heavy atom. The van der Waals surface area contributed by atoms with Crippen LogP contribution in [0.3, 0.4) is 0 Å². The SMILES string of the molecule is CCCNc1ccc(CN(CC)C(C)COC)cn1. The average molecular weight is 265 g/mol. The van der Waals surface area contributed by atoms with E-state index in [4.69, 9.17) is 4.74 Å². The van der Waals surface area contributed by atoms with Gasteiger partial charge in [0.05, 0.1) is 6.61 Å². The lowest BCUT2D eigenvalue weighted by Gasteiger charge is -2.27. The minimum atomic E-state index is 0.424. The first-order valence-corrected chi connectivity index (χ1v) is 7.13. The predicted molar refractivity (Wildman–Crippen MR) is 80.4 cm³/mol. The van der Waals surface area contributed by atoms with Gasteiger partial charge in [-0.15, -0.1) is 0 Å². The second-order valence-electron chi connectivity index (χ2n) is 4.85. The second kappa shape index (κ2) is 8.88. The summed E-state index contributed by atoms with van der Waals surface area (Å²) in [5, 5.41) is 3.29. The van der Waals surface area contributed by atoms with Gasteiger partial charge in [-0.2, -0.15) is 0 Å². The summed E-state index contributed by atoms with van der Waals surface area (Å²) < 4.78 is 5.22. The topological polar surface area (TPSA) is 37.4 Å². The summed E-state index contributed by atoms with van der Waals surface area (Å²) in [7, 11) is 1.75. The Hall–Kier alpha value is -1.13. The third-order valence-corrected chi connectivity index (χ3v) is 3.20. The predicted octanol–water partition coefficient (Wildman–Crippen LogP) is 2.76. The van der Waals surface area contributed by atoms with Gasteiger partial charge < -0.3 is 10.1 Å². The third-order valence-electron chi connectivity index (χ3n) is 3.20. The fraction of sp³-hybridized carbons (Fsp3) is 0.667. The molecule has 0 spiro atoms. The molecule has 0 amide bonds. The van der Waals surface area contributed by atoms with E-state index in [2.05, 4.69) is 48.1 Å². The fourth-order valence-electron chi connectivity index (χ4n) is 2.04. The number of likely N-dealkylation sites (N-methyl/N-ethyl adjacent to an activating group) is 1. The smallest absolute Gasteiger partial charge is 0.125 e. The summed E-state index contributed by atoms with van der Waals surface area (Å²) in [6.07, 6.45) is 3.07. The Bertz CT molecular complexity index is 340. The summed E-state index contributed by atoms with van der Waals surface area (Å²) in [6.45, 7) is 10.2. The number of hydrogen-bond donors (Lipinski definition) is 1. The van der Waals surface area contributed by atoms with Crippen molar-refractivity contribution in [2.24, 2.45) is 0 Å². The maximum absolute atomic E-state index is 5.22. The number of aromatic nitrogens is 1. The van der Waals surface area contributed by atoms with Crippen molar-refractivity contribution < 1.29 is 4.74 Å². The third kappa shape index (κ3) is 5.57. The number of hydrogen-bond acceptors (Lipinski definition) is 4. The highest BCUT2D eigenvalue weighted by molar-refractivity contribution is 5.35. The monoisotopic (exact) mass is 265 g/mol. The van der Waals surface area contributed by atoms with E-state index in [1.807, 2.05) is 6.20 Å². The normalized spacial score (nSPS) is 12.7. The van der Waals surface area contributed by atoms with Crippen LogP contribution in [0, 0.1) is 0 Å². The fourth-order valence-corrected chi connectivity index (χ4v) is 2.04. The summed E-state index contributed by atoms with van der Waals surface area (Å²) in [5.41, 5.74) is 1.24. The molecule has 1 aromatic rings. The van der Waals surface area contributed by atoms with Crippen molar-refractivity contribution in [3.05, 3.63) is 23.9 Å². The first-order chi connectivity index (χ1) is 9.21. The van der Waals surface area contributed by atoms with E-state index in [0.717, 1.165) is 38.5 Å². The van der Waals surface area contributed by atoms with Crippen molar-refractivity contribution in [2.45, 2.75) is 39.8 Å². The van der Waals surface area contributed by atoms with Crippen LogP contribution < -0.4 is 5.32 Å². The number of anilines is 1. The van der Waals surface area contributed by atoms with E-state index < -0.39 is 0 Å². The van der Waals surface area contributed by atoms with Gasteiger partial charge in [0.25, 0.3) is 0 Å². The molecule has 0 fully saturated rings. The van der Waals surface area contributed by atoms with Gasteiger partial charge in [-0.1, -0.05) is 19.9 Å². The van der Waals surface area contributed by atoms with E-state index in [1.54, 1.807) is 7.11 Å². The standard InChI is InChI=1S/C15H27N3O/c1-5-9-16-15-8-7-14(10-17-15)11-18(6-2)13(3)12-19-4/h7-8,10,13H,5-6,9,11-12H2,1-4H3,(H,16,17). The highest BCUT2D eigenvalue weighted by Crippen LogP contribution is 2.10. The molecule has 4 heteroatoms. The van der Waals surface area contributed by atoms with Crippen molar-refractivity contribution in [1.29, 1.82) is 0 Å². The number of ether oxygens (including phenoxy) is 1. The van der Waals surface area contributed by atoms with Crippen LogP contribution in [0.5, 0.6) is 0 Å². The maximum atomic E-state index is 5.22. The zero-order chi connectivity index (χ0) is 14.1. The first-order valence-electron chi connectivity index (χ1n) is 7.13. The Balaban J connectivity index is 2.55.